The van der Waals surface area contributed by atoms with E-state index in [0.29, 0.717) is 0 Å². The second kappa shape index (κ2) is 4.61. The molecule has 0 saturated carbocycles. The first kappa shape index (κ1) is 13.5. The number of halogens is 3. The highest BCUT2D eigenvalue weighted by molar-refractivity contribution is 5.83. The molecule has 5 nitrogen and oxygen atoms in total. The molecule has 8 heteroatoms. The third-order valence-corrected chi connectivity index (χ3v) is 2.34. The van der Waals surface area contributed by atoms with Gasteiger partial charge in [0.25, 0.3) is 0 Å². The zero-order valence-corrected chi connectivity index (χ0v) is 9.65. The Morgan fingerprint density at radius 3 is 2.68 bits per heavy atom. The van der Waals surface area contributed by atoms with Crippen LogP contribution in [0.15, 0.2) is 6.07 Å². The lowest BCUT2D eigenvalue weighted by molar-refractivity contribution is -0.141. The Hall–Kier alpha value is -1.96. The highest BCUT2D eigenvalue weighted by Gasteiger charge is 2.43. The highest BCUT2D eigenvalue weighted by Crippen LogP contribution is 2.50. The number of aldehydes is 1. The second-order valence-electron chi connectivity index (χ2n) is 3.74. The summed E-state index contributed by atoms with van der Waals surface area (Å²) in [6, 6.07) is 1.07. The van der Waals surface area contributed by atoms with Gasteiger partial charge in [0, 0.05) is 0 Å². The van der Waals surface area contributed by atoms with E-state index in [1.165, 1.54) is 0 Å². The molecule has 0 radical (unpaired) electrons. The van der Waals surface area contributed by atoms with Crippen molar-refractivity contribution in [2.45, 2.75) is 19.4 Å². The van der Waals surface area contributed by atoms with Crippen LogP contribution in [0.25, 0.3) is 0 Å². The molecule has 1 N–H and O–H groups in total. The first-order chi connectivity index (χ1) is 8.84. The molecule has 0 amide bonds. The van der Waals surface area contributed by atoms with Crippen LogP contribution in [0.2, 0.25) is 0 Å². The van der Waals surface area contributed by atoms with E-state index in [0.717, 1.165) is 13.0 Å². The van der Waals surface area contributed by atoms with Crippen molar-refractivity contribution in [3.05, 3.63) is 17.2 Å². The average molecular weight is 278 g/mol. The number of carbonyl (C=O) groups excluding carboxylic acids is 1. The zero-order chi connectivity index (χ0) is 14.2. The van der Waals surface area contributed by atoms with Crippen LogP contribution >= 0.6 is 0 Å². The predicted molar refractivity (Wildman–Crippen MR) is 55.3 cm³/mol. The maximum absolute atomic E-state index is 13.1. The van der Waals surface area contributed by atoms with Gasteiger partial charge >= 0.3 is 6.18 Å². The van der Waals surface area contributed by atoms with E-state index in [-0.39, 0.29) is 24.4 Å². The summed E-state index contributed by atoms with van der Waals surface area (Å²) >= 11 is 0. The Balaban J connectivity index is 2.70. The molecule has 0 fully saturated rings. The number of hydrogen-bond donors (Lipinski definition) is 1. The van der Waals surface area contributed by atoms with E-state index in [1.54, 1.807) is 0 Å². The molecule has 1 aliphatic heterocycles. The number of benzene rings is 1. The molecule has 1 aliphatic rings. The van der Waals surface area contributed by atoms with Crippen molar-refractivity contribution >= 4 is 6.29 Å². The zero-order valence-electron chi connectivity index (χ0n) is 9.65. The maximum Gasteiger partial charge on any atom is 0.423 e. The Bertz CT molecular complexity index is 510. The molecule has 0 aromatic heterocycles. The van der Waals surface area contributed by atoms with Gasteiger partial charge in [-0.3, -0.25) is 4.79 Å². The molecule has 1 heterocycles. The van der Waals surface area contributed by atoms with Gasteiger partial charge in [0.05, 0.1) is 5.56 Å². The van der Waals surface area contributed by atoms with Crippen molar-refractivity contribution in [3.8, 4) is 17.2 Å². The number of hydrogen-bond acceptors (Lipinski definition) is 5. The van der Waals surface area contributed by atoms with Gasteiger partial charge in [-0.1, -0.05) is 0 Å². The quantitative estimate of drug-likeness (QED) is 0.676. The SMILES string of the molecule is CC(O)Oc1c(C=O)cc2c(c1C(F)(F)F)OCO2. The Kier molecular flexibility index (Phi) is 3.27. The fraction of sp³-hybridized carbons (Fsp3) is 0.364. The molecule has 1 atom stereocenters. The van der Waals surface area contributed by atoms with Crippen molar-refractivity contribution in [3.63, 3.8) is 0 Å². The Morgan fingerprint density at radius 2 is 2.16 bits per heavy atom. The van der Waals surface area contributed by atoms with Crippen molar-refractivity contribution in [2.75, 3.05) is 6.79 Å². The summed E-state index contributed by atoms with van der Waals surface area (Å²) in [5.74, 6) is -1.51. The van der Waals surface area contributed by atoms with Crippen LogP contribution in [0, 0.1) is 0 Å². The molecule has 19 heavy (non-hydrogen) atoms. The van der Waals surface area contributed by atoms with Crippen LogP contribution in [0.3, 0.4) is 0 Å². The molecule has 0 aliphatic carbocycles. The first-order valence-electron chi connectivity index (χ1n) is 5.18. The highest BCUT2D eigenvalue weighted by atomic mass is 19.4. The summed E-state index contributed by atoms with van der Waals surface area (Å²) in [5.41, 5.74) is -1.65. The molecular weight excluding hydrogens is 269 g/mol. The monoisotopic (exact) mass is 278 g/mol. The van der Waals surface area contributed by atoms with Crippen LogP contribution in [-0.4, -0.2) is 24.5 Å². The number of rotatable bonds is 3. The molecular formula is C11H9F3O5. The lowest BCUT2D eigenvalue weighted by Crippen LogP contribution is -2.17. The van der Waals surface area contributed by atoms with Crippen molar-refractivity contribution in [1.82, 2.24) is 0 Å². The van der Waals surface area contributed by atoms with E-state index < -0.39 is 29.5 Å². The molecule has 1 aromatic rings. The largest absolute Gasteiger partial charge is 0.464 e. The molecule has 2 rings (SSSR count). The van der Waals surface area contributed by atoms with Gasteiger partial charge in [0.1, 0.15) is 11.3 Å². The van der Waals surface area contributed by atoms with Gasteiger partial charge in [-0.15, -0.1) is 0 Å². The maximum atomic E-state index is 13.1. The van der Waals surface area contributed by atoms with Gasteiger partial charge in [-0.2, -0.15) is 13.2 Å². The molecule has 104 valence electrons. The van der Waals surface area contributed by atoms with Gasteiger partial charge in [-0.05, 0) is 13.0 Å². The van der Waals surface area contributed by atoms with Gasteiger partial charge < -0.3 is 19.3 Å². The van der Waals surface area contributed by atoms with Crippen LogP contribution in [-0.2, 0) is 6.18 Å². The third kappa shape index (κ3) is 2.43. The number of aliphatic hydroxyl groups excluding tert-OH is 1. The lowest BCUT2D eigenvalue weighted by Gasteiger charge is -2.18. The summed E-state index contributed by atoms with van der Waals surface area (Å²) in [6.07, 6.45) is -6.14. The van der Waals surface area contributed by atoms with Crippen molar-refractivity contribution in [1.29, 1.82) is 0 Å². The van der Waals surface area contributed by atoms with E-state index in [9.17, 15) is 18.0 Å². The van der Waals surface area contributed by atoms with Crippen molar-refractivity contribution in [2.24, 2.45) is 0 Å². The van der Waals surface area contributed by atoms with E-state index in [2.05, 4.69) is 4.74 Å². The molecule has 0 spiro atoms. The minimum atomic E-state index is -4.82. The van der Waals surface area contributed by atoms with E-state index in [1.807, 2.05) is 0 Å². The Morgan fingerprint density at radius 1 is 1.47 bits per heavy atom. The van der Waals surface area contributed by atoms with Crippen LogP contribution in [0.4, 0.5) is 13.2 Å². The standard InChI is InChI=1S/C11H9F3O5/c1-5(16)19-9-6(3-15)2-7-10(18-4-17-7)8(9)11(12,13)14/h2-3,5,16H,4H2,1H3. The fourth-order valence-electron chi connectivity index (χ4n) is 1.69. The van der Waals surface area contributed by atoms with Crippen LogP contribution < -0.4 is 14.2 Å². The number of aliphatic hydroxyl groups is 1. The second-order valence-corrected chi connectivity index (χ2v) is 3.74. The average Bonchev–Trinajstić information content (AvgIpc) is 2.72. The summed E-state index contributed by atoms with van der Waals surface area (Å²) in [7, 11) is 0. The van der Waals surface area contributed by atoms with E-state index in [4.69, 9.17) is 14.6 Å². The number of fused-ring (bicyclic) bond motifs is 1. The number of carbonyl (C=O) groups is 1. The third-order valence-electron chi connectivity index (χ3n) is 2.34. The smallest absolute Gasteiger partial charge is 0.423 e. The number of ether oxygens (including phenoxy) is 3. The molecule has 1 aromatic carbocycles. The molecule has 0 saturated heterocycles. The van der Waals surface area contributed by atoms with Crippen LogP contribution in [0.5, 0.6) is 17.2 Å². The van der Waals surface area contributed by atoms with Gasteiger partial charge in [-0.25, -0.2) is 0 Å². The minimum absolute atomic E-state index is 0.188. The molecule has 1 unspecified atom stereocenters. The fourth-order valence-corrected chi connectivity index (χ4v) is 1.69. The van der Waals surface area contributed by atoms with Crippen LogP contribution in [0.1, 0.15) is 22.8 Å². The minimum Gasteiger partial charge on any atom is -0.464 e. The summed E-state index contributed by atoms with van der Waals surface area (Å²) in [4.78, 5) is 10.9. The summed E-state index contributed by atoms with van der Waals surface area (Å²) < 4.78 is 53.5. The van der Waals surface area contributed by atoms with E-state index >= 15 is 0 Å². The lowest BCUT2D eigenvalue weighted by atomic mass is 10.1. The predicted octanol–water partition coefficient (Wildman–Crippen LogP) is 1.96. The summed E-state index contributed by atoms with van der Waals surface area (Å²) in [6.45, 7) is 0.744. The number of alkyl halides is 3. The van der Waals surface area contributed by atoms with Gasteiger partial charge in [0.15, 0.2) is 24.1 Å². The normalized spacial score (nSPS) is 15.2. The summed E-state index contributed by atoms with van der Waals surface area (Å²) in [5, 5.41) is 9.09. The topological polar surface area (TPSA) is 65.0 Å². The Labute approximate surface area is 105 Å². The van der Waals surface area contributed by atoms with Crippen molar-refractivity contribution < 1.29 is 37.3 Å². The first-order valence-corrected chi connectivity index (χ1v) is 5.18. The molecule has 0 bridgehead atoms. The van der Waals surface area contributed by atoms with Gasteiger partial charge in [0.2, 0.25) is 6.79 Å².